The Hall–Kier alpha value is -2.73. The zero-order chi connectivity index (χ0) is 16.9. The molecule has 0 aliphatic rings. The summed E-state index contributed by atoms with van der Waals surface area (Å²) in [6.07, 6.45) is 0.501. The highest BCUT2D eigenvalue weighted by Gasteiger charge is 2.30. The molecule has 6 nitrogen and oxygen atoms in total. The molecule has 1 amide bonds. The third-order valence-electron chi connectivity index (χ3n) is 3.70. The minimum atomic E-state index is -0.788. The van der Waals surface area contributed by atoms with Gasteiger partial charge in [0.15, 0.2) is 0 Å². The lowest BCUT2D eigenvalue weighted by Crippen LogP contribution is -2.47. The standard InChI is InChI=1S/C17H19N3O3/c1-17(19-16(21)12-18,11-13-6-3-2-4-7-13)14-8-5-9-15(10-14)20(22)23/h2-10H,11-12,18H2,1H3,(H,19,21). The van der Waals surface area contributed by atoms with Crippen LogP contribution in [0.25, 0.3) is 0 Å². The Bertz CT molecular complexity index is 703. The van der Waals surface area contributed by atoms with Crippen LogP contribution in [-0.4, -0.2) is 17.4 Å². The number of nitrogens with two attached hydrogens (primary N) is 1. The number of hydrogen-bond acceptors (Lipinski definition) is 4. The zero-order valence-electron chi connectivity index (χ0n) is 12.9. The van der Waals surface area contributed by atoms with E-state index in [2.05, 4.69) is 5.32 Å². The van der Waals surface area contributed by atoms with E-state index in [-0.39, 0.29) is 18.1 Å². The van der Waals surface area contributed by atoms with Gasteiger partial charge in [0.05, 0.1) is 17.0 Å². The van der Waals surface area contributed by atoms with Crippen molar-refractivity contribution in [2.24, 2.45) is 5.73 Å². The van der Waals surface area contributed by atoms with Gasteiger partial charge in [-0.2, -0.15) is 0 Å². The highest BCUT2D eigenvalue weighted by atomic mass is 16.6. The maximum Gasteiger partial charge on any atom is 0.269 e. The largest absolute Gasteiger partial charge is 0.345 e. The lowest BCUT2D eigenvalue weighted by molar-refractivity contribution is -0.385. The van der Waals surface area contributed by atoms with Crippen LogP contribution < -0.4 is 11.1 Å². The minimum Gasteiger partial charge on any atom is -0.345 e. The molecule has 0 saturated heterocycles. The van der Waals surface area contributed by atoms with Gasteiger partial charge >= 0.3 is 0 Å². The van der Waals surface area contributed by atoms with E-state index in [0.29, 0.717) is 12.0 Å². The predicted octanol–water partition coefficient (Wildman–Crippen LogP) is 2.13. The number of nitro groups is 1. The number of carbonyl (C=O) groups excluding carboxylic acids is 1. The number of nitrogens with one attached hydrogen (secondary N) is 1. The molecule has 0 aliphatic heterocycles. The molecule has 0 spiro atoms. The van der Waals surface area contributed by atoms with Gasteiger partial charge in [-0.3, -0.25) is 14.9 Å². The summed E-state index contributed by atoms with van der Waals surface area (Å²) in [6.45, 7) is 1.70. The van der Waals surface area contributed by atoms with Gasteiger partial charge in [0.2, 0.25) is 5.91 Å². The summed E-state index contributed by atoms with van der Waals surface area (Å²) in [6, 6.07) is 15.9. The number of nitrogens with zero attached hydrogens (tertiary/aromatic N) is 1. The Balaban J connectivity index is 2.42. The van der Waals surface area contributed by atoms with Gasteiger partial charge < -0.3 is 11.1 Å². The molecule has 0 radical (unpaired) electrons. The highest BCUT2D eigenvalue weighted by Crippen LogP contribution is 2.28. The molecular formula is C17H19N3O3. The zero-order valence-corrected chi connectivity index (χ0v) is 12.9. The van der Waals surface area contributed by atoms with E-state index in [1.807, 2.05) is 37.3 Å². The van der Waals surface area contributed by atoms with E-state index in [1.165, 1.54) is 12.1 Å². The maximum absolute atomic E-state index is 11.8. The fourth-order valence-electron chi connectivity index (χ4n) is 2.54. The van der Waals surface area contributed by atoms with Gasteiger partial charge in [-0.1, -0.05) is 42.5 Å². The lowest BCUT2D eigenvalue weighted by atomic mass is 9.85. The first kappa shape index (κ1) is 16.6. The summed E-state index contributed by atoms with van der Waals surface area (Å²) >= 11 is 0. The van der Waals surface area contributed by atoms with Gasteiger partial charge in [0.1, 0.15) is 0 Å². The molecule has 23 heavy (non-hydrogen) atoms. The lowest BCUT2D eigenvalue weighted by Gasteiger charge is -2.31. The van der Waals surface area contributed by atoms with Crippen molar-refractivity contribution in [1.82, 2.24) is 5.32 Å². The summed E-state index contributed by atoms with van der Waals surface area (Å²) in [5, 5.41) is 13.9. The van der Waals surface area contributed by atoms with Crippen molar-refractivity contribution in [3.05, 3.63) is 75.8 Å². The van der Waals surface area contributed by atoms with Crippen LogP contribution in [0.15, 0.2) is 54.6 Å². The van der Waals surface area contributed by atoms with E-state index < -0.39 is 10.5 Å². The molecule has 2 aromatic carbocycles. The highest BCUT2D eigenvalue weighted by molar-refractivity contribution is 5.78. The summed E-state index contributed by atoms with van der Waals surface area (Å²) in [4.78, 5) is 22.4. The molecule has 0 saturated carbocycles. The Morgan fingerprint density at radius 1 is 1.22 bits per heavy atom. The topological polar surface area (TPSA) is 98.3 Å². The monoisotopic (exact) mass is 313 g/mol. The number of carbonyl (C=O) groups is 1. The first-order valence-corrected chi connectivity index (χ1v) is 7.24. The van der Waals surface area contributed by atoms with Gasteiger partial charge in [0.25, 0.3) is 5.69 Å². The molecule has 0 aromatic heterocycles. The van der Waals surface area contributed by atoms with Crippen LogP contribution in [-0.2, 0) is 16.8 Å². The Morgan fingerprint density at radius 3 is 2.52 bits per heavy atom. The third-order valence-corrected chi connectivity index (χ3v) is 3.70. The molecular weight excluding hydrogens is 294 g/mol. The average Bonchev–Trinajstić information content (AvgIpc) is 2.55. The fraction of sp³-hybridized carbons (Fsp3) is 0.235. The molecule has 0 bridgehead atoms. The molecule has 2 aromatic rings. The van der Waals surface area contributed by atoms with Crippen molar-refractivity contribution in [1.29, 1.82) is 0 Å². The third kappa shape index (κ3) is 4.14. The molecule has 2 rings (SSSR count). The first-order valence-electron chi connectivity index (χ1n) is 7.24. The summed E-state index contributed by atoms with van der Waals surface area (Å²) < 4.78 is 0. The summed E-state index contributed by atoms with van der Waals surface area (Å²) in [5.74, 6) is -0.310. The molecule has 3 N–H and O–H groups in total. The second kappa shape index (κ2) is 7.02. The van der Waals surface area contributed by atoms with E-state index in [4.69, 9.17) is 5.73 Å². The van der Waals surface area contributed by atoms with Crippen molar-refractivity contribution < 1.29 is 9.72 Å². The summed E-state index contributed by atoms with van der Waals surface area (Å²) in [7, 11) is 0. The summed E-state index contributed by atoms with van der Waals surface area (Å²) in [5.41, 5.74) is 6.29. The molecule has 1 atom stereocenters. The predicted molar refractivity (Wildman–Crippen MR) is 87.8 cm³/mol. The van der Waals surface area contributed by atoms with Crippen molar-refractivity contribution in [2.45, 2.75) is 18.9 Å². The van der Waals surface area contributed by atoms with Crippen LogP contribution in [0.5, 0.6) is 0 Å². The number of nitro benzene ring substituents is 1. The van der Waals surface area contributed by atoms with Crippen molar-refractivity contribution in [3.8, 4) is 0 Å². The van der Waals surface area contributed by atoms with Crippen LogP contribution in [0.3, 0.4) is 0 Å². The van der Waals surface area contributed by atoms with Crippen LogP contribution >= 0.6 is 0 Å². The van der Waals surface area contributed by atoms with Crippen LogP contribution in [0.4, 0.5) is 5.69 Å². The first-order chi connectivity index (χ1) is 10.9. The SMILES string of the molecule is CC(Cc1ccccc1)(NC(=O)CN)c1cccc([N+](=O)[O-])c1. The van der Waals surface area contributed by atoms with Crippen molar-refractivity contribution >= 4 is 11.6 Å². The number of amides is 1. The molecule has 6 heteroatoms. The fourth-order valence-corrected chi connectivity index (χ4v) is 2.54. The Labute approximate surface area is 134 Å². The van der Waals surface area contributed by atoms with Gasteiger partial charge in [0, 0.05) is 12.1 Å². The normalized spacial score (nSPS) is 13.1. The molecule has 120 valence electrons. The van der Waals surface area contributed by atoms with Gasteiger partial charge in [-0.25, -0.2) is 0 Å². The van der Waals surface area contributed by atoms with E-state index in [9.17, 15) is 14.9 Å². The molecule has 0 fully saturated rings. The number of rotatable bonds is 6. The number of non-ortho nitro benzene ring substituents is 1. The minimum absolute atomic E-state index is 0.0104. The van der Waals surface area contributed by atoms with E-state index in [1.54, 1.807) is 12.1 Å². The van der Waals surface area contributed by atoms with Gasteiger partial charge in [-0.05, 0) is 24.5 Å². The smallest absolute Gasteiger partial charge is 0.269 e. The van der Waals surface area contributed by atoms with E-state index >= 15 is 0 Å². The van der Waals surface area contributed by atoms with Crippen LogP contribution in [0.2, 0.25) is 0 Å². The number of benzene rings is 2. The second-order valence-electron chi connectivity index (χ2n) is 5.55. The number of hydrogen-bond donors (Lipinski definition) is 2. The van der Waals surface area contributed by atoms with Crippen LogP contribution in [0.1, 0.15) is 18.1 Å². The average molecular weight is 313 g/mol. The molecule has 0 aliphatic carbocycles. The quantitative estimate of drug-likeness (QED) is 0.630. The molecule has 0 heterocycles. The van der Waals surface area contributed by atoms with Crippen molar-refractivity contribution in [3.63, 3.8) is 0 Å². The molecule has 1 unspecified atom stereocenters. The van der Waals surface area contributed by atoms with Crippen LogP contribution in [0, 0.1) is 10.1 Å². The maximum atomic E-state index is 11.8. The van der Waals surface area contributed by atoms with Gasteiger partial charge in [-0.15, -0.1) is 0 Å². The Kier molecular flexibility index (Phi) is 5.08. The Morgan fingerprint density at radius 2 is 1.91 bits per heavy atom. The van der Waals surface area contributed by atoms with Crippen molar-refractivity contribution in [2.75, 3.05) is 6.54 Å². The van der Waals surface area contributed by atoms with E-state index in [0.717, 1.165) is 5.56 Å². The second-order valence-corrected chi connectivity index (χ2v) is 5.55.